The summed E-state index contributed by atoms with van der Waals surface area (Å²) in [4.78, 5) is 21.0. The van der Waals surface area contributed by atoms with Crippen LogP contribution in [0.4, 0.5) is 5.00 Å². The zero-order valence-electron chi connectivity index (χ0n) is 7.85. The first-order chi connectivity index (χ1) is 7.02. The number of aliphatic carboxylic acids is 2. The summed E-state index contributed by atoms with van der Waals surface area (Å²) in [6.07, 6.45) is 0.976. The molecule has 1 aromatic heterocycles. The predicted octanol–water partition coefficient (Wildman–Crippen LogP) is 1.52. The van der Waals surface area contributed by atoms with Gasteiger partial charge in [0.05, 0.1) is 5.00 Å². The fraction of sp³-hybridized carbons (Fsp3) is 0.111. The second-order valence-electron chi connectivity index (χ2n) is 2.75. The maximum Gasteiger partial charge on any atom is 0.344 e. The van der Waals surface area contributed by atoms with Gasteiger partial charge in [-0.1, -0.05) is 0 Å². The third kappa shape index (κ3) is 2.81. The van der Waals surface area contributed by atoms with Gasteiger partial charge < -0.3 is 15.5 Å². The number of carboxylic acids is 2. The van der Waals surface area contributed by atoms with Crippen LogP contribution in [0.5, 0.6) is 0 Å². The fourth-order valence-corrected chi connectivity index (χ4v) is 1.66. The highest BCUT2D eigenvalue weighted by Gasteiger charge is 2.15. The Bertz CT molecular complexity index is 406. The van der Waals surface area contributed by atoms with Gasteiger partial charge in [0.1, 0.15) is 0 Å². The number of nitrogens with one attached hydrogen (secondary N) is 1. The molecule has 0 fully saturated rings. The van der Waals surface area contributed by atoms with E-state index in [1.807, 2.05) is 18.4 Å². The van der Waals surface area contributed by atoms with Gasteiger partial charge in [-0.05, 0) is 23.9 Å². The minimum atomic E-state index is -1.47. The lowest BCUT2D eigenvalue weighted by Crippen LogP contribution is -2.12. The van der Waals surface area contributed by atoms with Gasteiger partial charge in [0.25, 0.3) is 0 Å². The average molecular weight is 227 g/mol. The van der Waals surface area contributed by atoms with Crippen molar-refractivity contribution in [3.63, 3.8) is 0 Å². The molecule has 1 rings (SSSR count). The number of hydrogen-bond donors (Lipinski definition) is 3. The van der Waals surface area contributed by atoms with E-state index in [4.69, 9.17) is 10.2 Å². The Labute approximate surface area is 89.7 Å². The summed E-state index contributed by atoms with van der Waals surface area (Å²) in [5.41, 5.74) is 0.245. The van der Waals surface area contributed by atoms with E-state index in [9.17, 15) is 9.59 Å². The van der Waals surface area contributed by atoms with Gasteiger partial charge in [0, 0.05) is 6.20 Å². The Hall–Kier alpha value is -1.82. The van der Waals surface area contributed by atoms with Gasteiger partial charge in [-0.25, -0.2) is 9.59 Å². The standard InChI is InChI=1S/C9H9NO4S/c1-5-2-3-15-7(5)10-4-6(8(11)12)9(13)14/h2-4,10H,1H3,(H,11,12)(H,13,14). The fourth-order valence-electron chi connectivity index (χ4n) is 0.873. The Morgan fingerprint density at radius 2 is 2.00 bits per heavy atom. The molecule has 0 amide bonds. The molecule has 0 saturated heterocycles. The molecule has 6 heteroatoms. The van der Waals surface area contributed by atoms with Gasteiger partial charge in [-0.2, -0.15) is 0 Å². The molecule has 0 radical (unpaired) electrons. The molecule has 0 aliphatic rings. The van der Waals surface area contributed by atoms with E-state index in [0.29, 0.717) is 0 Å². The van der Waals surface area contributed by atoms with Gasteiger partial charge in [-0.15, -0.1) is 11.3 Å². The zero-order chi connectivity index (χ0) is 11.4. The third-order valence-electron chi connectivity index (χ3n) is 1.67. The average Bonchev–Trinajstić information content (AvgIpc) is 2.51. The van der Waals surface area contributed by atoms with E-state index in [1.54, 1.807) is 0 Å². The normalized spacial score (nSPS) is 9.40. The number of anilines is 1. The molecule has 1 aromatic rings. The molecule has 0 spiro atoms. The molecule has 0 aliphatic heterocycles. The highest BCUT2D eigenvalue weighted by Crippen LogP contribution is 2.21. The zero-order valence-corrected chi connectivity index (χ0v) is 8.67. The molecular weight excluding hydrogens is 218 g/mol. The summed E-state index contributed by atoms with van der Waals surface area (Å²) >= 11 is 1.37. The summed E-state index contributed by atoms with van der Waals surface area (Å²) in [6.45, 7) is 1.84. The topological polar surface area (TPSA) is 86.6 Å². The van der Waals surface area contributed by atoms with Crippen molar-refractivity contribution >= 4 is 28.3 Å². The van der Waals surface area contributed by atoms with Crippen LogP contribution in [0.15, 0.2) is 23.2 Å². The van der Waals surface area contributed by atoms with Crippen LogP contribution >= 0.6 is 11.3 Å². The Balaban J connectivity index is 2.83. The molecule has 15 heavy (non-hydrogen) atoms. The van der Waals surface area contributed by atoms with Crippen molar-refractivity contribution in [2.75, 3.05) is 5.32 Å². The molecule has 0 aromatic carbocycles. The second-order valence-corrected chi connectivity index (χ2v) is 3.66. The van der Waals surface area contributed by atoms with Crippen molar-refractivity contribution in [2.45, 2.75) is 6.92 Å². The number of thiophene rings is 1. The summed E-state index contributed by atoms with van der Waals surface area (Å²) < 4.78 is 0. The Kier molecular flexibility index (Phi) is 3.46. The highest BCUT2D eigenvalue weighted by molar-refractivity contribution is 7.14. The SMILES string of the molecule is Cc1ccsc1NC=C(C(=O)O)C(=O)O. The Morgan fingerprint density at radius 1 is 1.40 bits per heavy atom. The molecule has 0 saturated carbocycles. The van der Waals surface area contributed by atoms with Gasteiger partial charge in [0.2, 0.25) is 0 Å². The van der Waals surface area contributed by atoms with E-state index in [1.165, 1.54) is 11.3 Å². The molecule has 80 valence electrons. The van der Waals surface area contributed by atoms with Crippen molar-refractivity contribution in [3.8, 4) is 0 Å². The Morgan fingerprint density at radius 3 is 2.40 bits per heavy atom. The van der Waals surface area contributed by atoms with Crippen LogP contribution in [0.3, 0.4) is 0 Å². The number of hydrogen-bond acceptors (Lipinski definition) is 4. The van der Waals surface area contributed by atoms with Crippen LogP contribution in [0.1, 0.15) is 5.56 Å². The highest BCUT2D eigenvalue weighted by atomic mass is 32.1. The second kappa shape index (κ2) is 4.61. The van der Waals surface area contributed by atoms with E-state index in [2.05, 4.69) is 5.32 Å². The lowest BCUT2D eigenvalue weighted by atomic mass is 10.3. The number of rotatable bonds is 4. The quantitative estimate of drug-likeness (QED) is 0.412. The third-order valence-corrected chi connectivity index (χ3v) is 2.62. The van der Waals surface area contributed by atoms with Crippen molar-refractivity contribution in [1.29, 1.82) is 0 Å². The number of carbonyl (C=O) groups is 2. The number of aryl methyl sites for hydroxylation is 1. The first kappa shape index (κ1) is 11.3. The lowest BCUT2D eigenvalue weighted by Gasteiger charge is -1.99. The molecule has 0 atom stereocenters. The molecule has 5 nitrogen and oxygen atoms in total. The van der Waals surface area contributed by atoms with Crippen molar-refractivity contribution < 1.29 is 19.8 Å². The van der Waals surface area contributed by atoms with Gasteiger partial charge >= 0.3 is 11.9 Å². The van der Waals surface area contributed by atoms with Crippen LogP contribution < -0.4 is 5.32 Å². The predicted molar refractivity (Wildman–Crippen MR) is 56.0 cm³/mol. The first-order valence-corrected chi connectivity index (χ1v) is 4.87. The van der Waals surface area contributed by atoms with Crippen LogP contribution in [0.25, 0.3) is 0 Å². The summed E-state index contributed by atoms with van der Waals surface area (Å²) in [5.74, 6) is -2.94. The van der Waals surface area contributed by atoms with E-state index >= 15 is 0 Å². The summed E-state index contributed by atoms with van der Waals surface area (Å²) in [5, 5.41) is 22.3. The molecule has 0 bridgehead atoms. The van der Waals surface area contributed by atoms with E-state index < -0.39 is 17.5 Å². The summed E-state index contributed by atoms with van der Waals surface area (Å²) in [7, 11) is 0. The monoisotopic (exact) mass is 227 g/mol. The van der Waals surface area contributed by atoms with Gasteiger partial charge in [-0.3, -0.25) is 0 Å². The van der Waals surface area contributed by atoms with Crippen molar-refractivity contribution in [1.82, 2.24) is 0 Å². The maximum absolute atomic E-state index is 10.5. The largest absolute Gasteiger partial charge is 0.477 e. The number of carboxylic acid groups (broad SMARTS) is 2. The molecule has 0 unspecified atom stereocenters. The van der Waals surface area contributed by atoms with Crippen LogP contribution in [0.2, 0.25) is 0 Å². The van der Waals surface area contributed by atoms with Crippen LogP contribution in [-0.2, 0) is 9.59 Å². The van der Waals surface area contributed by atoms with Crippen molar-refractivity contribution in [2.24, 2.45) is 0 Å². The smallest absolute Gasteiger partial charge is 0.344 e. The lowest BCUT2D eigenvalue weighted by molar-refractivity contribution is -0.140. The maximum atomic E-state index is 10.5. The minimum Gasteiger partial charge on any atom is -0.477 e. The van der Waals surface area contributed by atoms with Crippen LogP contribution in [0, 0.1) is 6.92 Å². The van der Waals surface area contributed by atoms with Gasteiger partial charge in [0.15, 0.2) is 5.57 Å². The molecule has 3 N–H and O–H groups in total. The minimum absolute atomic E-state index is 0.692. The summed E-state index contributed by atoms with van der Waals surface area (Å²) in [6, 6.07) is 1.85. The molecule has 0 aliphatic carbocycles. The van der Waals surface area contributed by atoms with Crippen LogP contribution in [-0.4, -0.2) is 22.2 Å². The molecular formula is C9H9NO4S. The molecule has 1 heterocycles. The van der Waals surface area contributed by atoms with Crippen molar-refractivity contribution in [3.05, 3.63) is 28.8 Å². The van der Waals surface area contributed by atoms with E-state index in [-0.39, 0.29) is 0 Å². The first-order valence-electron chi connectivity index (χ1n) is 3.99. The van der Waals surface area contributed by atoms with E-state index in [0.717, 1.165) is 16.8 Å².